The SMILES string of the molecule is CC(=O)OCCN(C[C@]12C=C[C@H](C1)c1cc(-c3c(F)cccc3F)nnc12)C(C)=O. The first-order chi connectivity index (χ1) is 14.3. The maximum atomic E-state index is 14.2. The first-order valence-corrected chi connectivity index (χ1v) is 9.71. The maximum Gasteiger partial charge on any atom is 0.302 e. The highest BCUT2D eigenvalue weighted by Gasteiger charge is 2.48. The van der Waals surface area contributed by atoms with Crippen LogP contribution in [0.15, 0.2) is 36.4 Å². The van der Waals surface area contributed by atoms with Crippen molar-refractivity contribution in [1.82, 2.24) is 15.1 Å². The fourth-order valence-electron chi connectivity index (χ4n) is 4.34. The Hall–Kier alpha value is -3.16. The van der Waals surface area contributed by atoms with E-state index in [1.807, 2.05) is 12.2 Å². The van der Waals surface area contributed by atoms with Gasteiger partial charge in [-0.15, -0.1) is 5.10 Å². The molecule has 2 atom stereocenters. The zero-order chi connectivity index (χ0) is 21.5. The molecular weight excluding hydrogens is 392 g/mol. The highest BCUT2D eigenvalue weighted by molar-refractivity contribution is 5.74. The molecule has 6 nitrogen and oxygen atoms in total. The minimum absolute atomic E-state index is 0.0476. The molecule has 2 aliphatic carbocycles. The van der Waals surface area contributed by atoms with Crippen LogP contribution in [0, 0.1) is 11.6 Å². The molecule has 0 radical (unpaired) electrons. The molecule has 0 unspecified atom stereocenters. The van der Waals surface area contributed by atoms with E-state index in [0.717, 1.165) is 5.56 Å². The Morgan fingerprint density at radius 1 is 1.23 bits per heavy atom. The summed E-state index contributed by atoms with van der Waals surface area (Å²) in [7, 11) is 0. The Kier molecular flexibility index (Phi) is 5.09. The van der Waals surface area contributed by atoms with Gasteiger partial charge in [0.2, 0.25) is 5.91 Å². The predicted octanol–water partition coefficient (Wildman–Crippen LogP) is 3.13. The van der Waals surface area contributed by atoms with E-state index in [-0.39, 0.29) is 36.2 Å². The van der Waals surface area contributed by atoms with Crippen molar-refractivity contribution in [2.45, 2.75) is 31.6 Å². The number of fused-ring (bicyclic) bond motifs is 5. The Bertz CT molecular complexity index is 1040. The summed E-state index contributed by atoms with van der Waals surface area (Å²) >= 11 is 0. The molecule has 8 heteroatoms. The summed E-state index contributed by atoms with van der Waals surface area (Å²) in [6.45, 7) is 3.54. The number of rotatable bonds is 6. The van der Waals surface area contributed by atoms with Crippen LogP contribution < -0.4 is 0 Å². The third-order valence-corrected chi connectivity index (χ3v) is 5.73. The fourth-order valence-corrected chi connectivity index (χ4v) is 4.34. The number of halogens is 2. The van der Waals surface area contributed by atoms with Gasteiger partial charge in [0.1, 0.15) is 18.2 Å². The quantitative estimate of drug-likeness (QED) is 0.538. The predicted molar refractivity (Wildman–Crippen MR) is 104 cm³/mol. The Balaban J connectivity index is 1.63. The minimum atomic E-state index is -0.689. The number of ether oxygens (including phenoxy) is 1. The first-order valence-electron chi connectivity index (χ1n) is 9.71. The summed E-state index contributed by atoms with van der Waals surface area (Å²) in [5, 5.41) is 8.44. The molecule has 1 amide bonds. The lowest BCUT2D eigenvalue weighted by Gasteiger charge is -2.31. The summed E-state index contributed by atoms with van der Waals surface area (Å²) < 4.78 is 33.3. The van der Waals surface area contributed by atoms with E-state index >= 15 is 0 Å². The Morgan fingerprint density at radius 3 is 2.63 bits per heavy atom. The normalized spacial score (nSPS) is 20.9. The number of hydrogen-bond acceptors (Lipinski definition) is 5. The third-order valence-electron chi connectivity index (χ3n) is 5.73. The van der Waals surface area contributed by atoms with Crippen LogP contribution in [0.4, 0.5) is 8.78 Å². The van der Waals surface area contributed by atoms with Crippen LogP contribution in [-0.2, 0) is 19.7 Å². The van der Waals surface area contributed by atoms with E-state index in [1.165, 1.54) is 32.0 Å². The van der Waals surface area contributed by atoms with Gasteiger partial charge in [-0.05, 0) is 30.2 Å². The molecular formula is C22H21F2N3O3. The maximum absolute atomic E-state index is 14.2. The van der Waals surface area contributed by atoms with Gasteiger partial charge in [0.05, 0.1) is 28.9 Å². The second-order valence-corrected chi connectivity index (χ2v) is 7.74. The Morgan fingerprint density at radius 2 is 1.97 bits per heavy atom. The van der Waals surface area contributed by atoms with Gasteiger partial charge in [-0.3, -0.25) is 9.59 Å². The van der Waals surface area contributed by atoms with Crippen LogP contribution in [-0.4, -0.2) is 46.7 Å². The highest BCUT2D eigenvalue weighted by Crippen LogP contribution is 2.52. The van der Waals surface area contributed by atoms with Gasteiger partial charge in [-0.1, -0.05) is 18.2 Å². The molecule has 0 spiro atoms. The van der Waals surface area contributed by atoms with Crippen molar-refractivity contribution >= 4 is 11.9 Å². The van der Waals surface area contributed by atoms with Crippen molar-refractivity contribution in [3.8, 4) is 11.3 Å². The summed E-state index contributed by atoms with van der Waals surface area (Å²) in [6, 6.07) is 5.38. The van der Waals surface area contributed by atoms with Gasteiger partial charge in [0.25, 0.3) is 0 Å². The van der Waals surface area contributed by atoms with Gasteiger partial charge >= 0.3 is 5.97 Å². The van der Waals surface area contributed by atoms with Gasteiger partial charge in [-0.25, -0.2) is 8.78 Å². The summed E-state index contributed by atoms with van der Waals surface area (Å²) in [5.74, 6) is -1.87. The number of benzene rings is 1. The Labute approximate surface area is 172 Å². The molecule has 2 aromatic rings. The number of aromatic nitrogens is 2. The van der Waals surface area contributed by atoms with E-state index in [4.69, 9.17) is 4.74 Å². The molecule has 2 bridgehead atoms. The fraction of sp³-hybridized carbons (Fsp3) is 0.364. The summed E-state index contributed by atoms with van der Waals surface area (Å²) in [6.07, 6.45) is 4.77. The van der Waals surface area contributed by atoms with E-state index < -0.39 is 23.0 Å². The van der Waals surface area contributed by atoms with Crippen LogP contribution >= 0.6 is 0 Å². The molecule has 156 valence electrons. The largest absolute Gasteiger partial charge is 0.464 e. The van der Waals surface area contributed by atoms with Crippen molar-refractivity contribution in [2.24, 2.45) is 0 Å². The van der Waals surface area contributed by atoms with Crippen LogP contribution in [0.3, 0.4) is 0 Å². The van der Waals surface area contributed by atoms with Gasteiger partial charge in [0, 0.05) is 26.3 Å². The molecule has 0 N–H and O–H groups in total. The smallest absolute Gasteiger partial charge is 0.302 e. The molecule has 0 saturated heterocycles. The number of nitrogens with zero attached hydrogens (tertiary/aromatic N) is 3. The van der Waals surface area contributed by atoms with E-state index in [1.54, 1.807) is 11.0 Å². The van der Waals surface area contributed by atoms with Crippen molar-refractivity contribution < 1.29 is 23.1 Å². The van der Waals surface area contributed by atoms with Crippen LogP contribution in [0.1, 0.15) is 37.4 Å². The van der Waals surface area contributed by atoms with Crippen LogP contribution in [0.5, 0.6) is 0 Å². The number of carbonyl (C=O) groups excluding carboxylic acids is 2. The number of hydrogen-bond donors (Lipinski definition) is 0. The van der Waals surface area contributed by atoms with Crippen molar-refractivity contribution in [3.63, 3.8) is 0 Å². The minimum Gasteiger partial charge on any atom is -0.464 e. The van der Waals surface area contributed by atoms with Gasteiger partial charge < -0.3 is 9.64 Å². The van der Waals surface area contributed by atoms with Crippen molar-refractivity contribution in [2.75, 3.05) is 19.7 Å². The topological polar surface area (TPSA) is 72.4 Å². The molecule has 0 saturated carbocycles. The molecule has 30 heavy (non-hydrogen) atoms. The average Bonchev–Trinajstić information content (AvgIpc) is 3.24. The number of amides is 1. The van der Waals surface area contributed by atoms with Crippen molar-refractivity contribution in [1.29, 1.82) is 0 Å². The lowest BCUT2D eigenvalue weighted by Crippen LogP contribution is -2.42. The van der Waals surface area contributed by atoms with Gasteiger partial charge in [0.15, 0.2) is 0 Å². The molecule has 0 fully saturated rings. The van der Waals surface area contributed by atoms with E-state index in [9.17, 15) is 18.4 Å². The lowest BCUT2D eigenvalue weighted by atomic mass is 9.85. The number of carbonyl (C=O) groups is 2. The second kappa shape index (κ2) is 7.59. The second-order valence-electron chi connectivity index (χ2n) is 7.74. The highest BCUT2D eigenvalue weighted by atomic mass is 19.1. The first kappa shape index (κ1) is 20.1. The summed E-state index contributed by atoms with van der Waals surface area (Å²) in [4.78, 5) is 24.8. The van der Waals surface area contributed by atoms with E-state index in [0.29, 0.717) is 18.7 Å². The van der Waals surface area contributed by atoms with Crippen molar-refractivity contribution in [3.05, 3.63) is 59.3 Å². The summed E-state index contributed by atoms with van der Waals surface area (Å²) in [5.41, 5.74) is 1.03. The molecule has 1 aromatic carbocycles. The molecule has 1 heterocycles. The average molecular weight is 413 g/mol. The molecule has 2 aliphatic rings. The monoisotopic (exact) mass is 413 g/mol. The molecule has 0 aliphatic heterocycles. The molecule has 1 aromatic heterocycles. The van der Waals surface area contributed by atoms with E-state index in [2.05, 4.69) is 10.2 Å². The molecule has 4 rings (SSSR count). The van der Waals surface area contributed by atoms with Crippen LogP contribution in [0.25, 0.3) is 11.3 Å². The van der Waals surface area contributed by atoms with Crippen LogP contribution in [0.2, 0.25) is 0 Å². The lowest BCUT2D eigenvalue weighted by molar-refractivity contribution is -0.143. The zero-order valence-electron chi connectivity index (χ0n) is 16.7. The number of allylic oxidation sites excluding steroid dienone is 1. The zero-order valence-corrected chi connectivity index (χ0v) is 16.7. The number of esters is 1. The van der Waals surface area contributed by atoms with Gasteiger partial charge in [-0.2, -0.15) is 5.10 Å². The standard InChI is InChI=1S/C22H21F2N3O3/c1-13(28)27(8-9-30-14(2)29)12-22-7-6-15(11-22)16-10-19(25-26-21(16)22)20-17(23)4-3-5-18(20)24/h3-7,10,15H,8-9,11-12H2,1-2H3/t15-,22+/m1/s1. The third kappa shape index (κ3) is 3.46.